The third-order valence-electron chi connectivity index (χ3n) is 4.17. The van der Waals surface area contributed by atoms with Gasteiger partial charge in [-0.25, -0.2) is 4.39 Å². The standard InChI is InChI=1S/C19H20FNO3S2/c20-16-11-14(24-12-15-6-4-10-25-15)9-8-13(16)5-2-1-3-7-17-18(22)21-19(23)26-17/h4,6,8-11,17H,1-3,5,7,12H2,(H,21,22,23). The summed E-state index contributed by atoms with van der Waals surface area (Å²) in [7, 11) is 0. The van der Waals surface area contributed by atoms with E-state index in [1.165, 1.54) is 6.07 Å². The molecule has 0 bridgehead atoms. The lowest BCUT2D eigenvalue weighted by Gasteiger charge is -2.08. The number of aryl methyl sites for hydroxylation is 1. The predicted molar refractivity (Wildman–Crippen MR) is 102 cm³/mol. The molecule has 0 aliphatic carbocycles. The third kappa shape index (κ3) is 5.32. The Hall–Kier alpha value is -1.86. The molecule has 3 rings (SSSR count). The van der Waals surface area contributed by atoms with E-state index in [1.54, 1.807) is 23.5 Å². The number of unbranched alkanes of at least 4 members (excludes halogenated alkanes) is 2. The number of thiophene rings is 1. The van der Waals surface area contributed by atoms with Crippen LogP contribution in [0.1, 0.15) is 36.1 Å². The first kappa shape index (κ1) is 18.9. The second kappa shape index (κ2) is 9.19. The highest BCUT2D eigenvalue weighted by atomic mass is 32.2. The van der Waals surface area contributed by atoms with E-state index in [1.807, 2.05) is 17.5 Å². The molecule has 1 aliphatic heterocycles. The molecule has 0 spiro atoms. The number of benzene rings is 1. The molecule has 1 saturated heterocycles. The van der Waals surface area contributed by atoms with Gasteiger partial charge in [-0.05, 0) is 42.3 Å². The molecule has 2 aromatic rings. The highest BCUT2D eigenvalue weighted by Gasteiger charge is 2.30. The Balaban J connectivity index is 1.38. The zero-order chi connectivity index (χ0) is 18.4. The second-order valence-electron chi connectivity index (χ2n) is 6.10. The Bertz CT molecular complexity index is 764. The van der Waals surface area contributed by atoms with Crippen LogP contribution in [0.5, 0.6) is 5.75 Å². The molecule has 2 heterocycles. The van der Waals surface area contributed by atoms with Crippen molar-refractivity contribution in [3.63, 3.8) is 0 Å². The minimum atomic E-state index is -0.265. The Kier molecular flexibility index (Phi) is 6.68. The first-order chi connectivity index (χ1) is 12.6. The van der Waals surface area contributed by atoms with Crippen LogP contribution in [0, 0.1) is 5.82 Å². The fourth-order valence-corrected chi connectivity index (χ4v) is 4.26. The van der Waals surface area contributed by atoms with Gasteiger partial charge in [0, 0.05) is 10.9 Å². The first-order valence-electron chi connectivity index (χ1n) is 8.57. The van der Waals surface area contributed by atoms with Crippen LogP contribution in [-0.2, 0) is 17.8 Å². The number of thioether (sulfide) groups is 1. The van der Waals surface area contributed by atoms with Crippen LogP contribution in [0.3, 0.4) is 0 Å². The summed E-state index contributed by atoms with van der Waals surface area (Å²) in [4.78, 5) is 23.7. The summed E-state index contributed by atoms with van der Waals surface area (Å²) in [6, 6.07) is 8.96. The highest BCUT2D eigenvalue weighted by molar-refractivity contribution is 8.15. The number of hydrogen-bond acceptors (Lipinski definition) is 5. The number of nitrogens with one attached hydrogen (secondary N) is 1. The predicted octanol–water partition coefficient (Wildman–Crippen LogP) is 4.92. The van der Waals surface area contributed by atoms with Gasteiger partial charge in [0.25, 0.3) is 5.24 Å². The number of ether oxygens (including phenoxy) is 1. The molecule has 26 heavy (non-hydrogen) atoms. The number of hydrogen-bond donors (Lipinski definition) is 1. The minimum Gasteiger partial charge on any atom is -0.488 e. The summed E-state index contributed by atoms with van der Waals surface area (Å²) in [5.74, 6) is 0.0998. The number of halogens is 1. The molecule has 138 valence electrons. The first-order valence-corrected chi connectivity index (χ1v) is 10.3. The van der Waals surface area contributed by atoms with Gasteiger partial charge in [0.15, 0.2) is 0 Å². The molecule has 7 heteroatoms. The number of rotatable bonds is 9. The summed E-state index contributed by atoms with van der Waals surface area (Å²) < 4.78 is 19.8. The topological polar surface area (TPSA) is 55.4 Å². The molecule has 2 amide bonds. The van der Waals surface area contributed by atoms with Crippen molar-refractivity contribution in [1.29, 1.82) is 0 Å². The van der Waals surface area contributed by atoms with E-state index in [0.717, 1.165) is 35.9 Å². The Morgan fingerprint density at radius 1 is 1.15 bits per heavy atom. The van der Waals surface area contributed by atoms with Gasteiger partial charge in [-0.2, -0.15) is 0 Å². The minimum absolute atomic E-state index is 0.191. The van der Waals surface area contributed by atoms with Crippen LogP contribution in [0.2, 0.25) is 0 Å². The van der Waals surface area contributed by atoms with Gasteiger partial charge in [-0.1, -0.05) is 36.7 Å². The summed E-state index contributed by atoms with van der Waals surface area (Å²) >= 11 is 2.67. The molecule has 1 fully saturated rings. The Labute approximate surface area is 160 Å². The van der Waals surface area contributed by atoms with E-state index < -0.39 is 0 Å². The normalized spacial score (nSPS) is 16.7. The van der Waals surface area contributed by atoms with Crippen molar-refractivity contribution in [3.8, 4) is 5.75 Å². The molecule has 1 aromatic heterocycles. The molecule has 0 radical (unpaired) electrons. The van der Waals surface area contributed by atoms with Gasteiger partial charge in [-0.3, -0.25) is 14.9 Å². The second-order valence-corrected chi connectivity index (χ2v) is 8.31. The van der Waals surface area contributed by atoms with Crippen LogP contribution in [0.4, 0.5) is 9.18 Å². The molecular weight excluding hydrogens is 373 g/mol. The highest BCUT2D eigenvalue weighted by Crippen LogP contribution is 2.25. The number of carbonyl (C=O) groups excluding carboxylic acids is 2. The summed E-state index contributed by atoms with van der Waals surface area (Å²) in [5, 5.41) is 3.75. The fourth-order valence-electron chi connectivity index (χ4n) is 2.77. The fraction of sp³-hybridized carbons (Fsp3) is 0.368. The zero-order valence-corrected chi connectivity index (χ0v) is 15.8. The Morgan fingerprint density at radius 2 is 2.04 bits per heavy atom. The number of amides is 2. The number of carbonyl (C=O) groups is 2. The Morgan fingerprint density at radius 3 is 2.73 bits per heavy atom. The van der Waals surface area contributed by atoms with Crippen molar-refractivity contribution in [2.75, 3.05) is 0 Å². The van der Waals surface area contributed by atoms with Crippen molar-refractivity contribution < 1.29 is 18.7 Å². The molecule has 1 atom stereocenters. The molecule has 0 saturated carbocycles. The van der Waals surface area contributed by atoms with E-state index >= 15 is 0 Å². The van der Waals surface area contributed by atoms with E-state index in [-0.39, 0.29) is 22.2 Å². The van der Waals surface area contributed by atoms with E-state index in [2.05, 4.69) is 5.32 Å². The van der Waals surface area contributed by atoms with Crippen molar-refractivity contribution in [2.45, 2.75) is 44.0 Å². The van der Waals surface area contributed by atoms with Gasteiger partial charge in [0.05, 0.1) is 5.25 Å². The monoisotopic (exact) mass is 393 g/mol. The summed E-state index contributed by atoms with van der Waals surface area (Å²) in [6.07, 6.45) is 3.93. The van der Waals surface area contributed by atoms with E-state index in [4.69, 9.17) is 4.74 Å². The summed E-state index contributed by atoms with van der Waals surface area (Å²) in [6.45, 7) is 0.450. The van der Waals surface area contributed by atoms with Crippen molar-refractivity contribution in [2.24, 2.45) is 0 Å². The van der Waals surface area contributed by atoms with Crippen molar-refractivity contribution >= 4 is 34.2 Å². The van der Waals surface area contributed by atoms with Gasteiger partial charge in [0.1, 0.15) is 18.2 Å². The van der Waals surface area contributed by atoms with Crippen LogP contribution in [-0.4, -0.2) is 16.4 Å². The van der Waals surface area contributed by atoms with Crippen LogP contribution < -0.4 is 10.1 Å². The molecule has 1 unspecified atom stereocenters. The van der Waals surface area contributed by atoms with Gasteiger partial charge in [-0.15, -0.1) is 11.3 Å². The smallest absolute Gasteiger partial charge is 0.286 e. The van der Waals surface area contributed by atoms with Gasteiger partial charge in [0.2, 0.25) is 5.91 Å². The maximum Gasteiger partial charge on any atom is 0.286 e. The maximum absolute atomic E-state index is 14.2. The van der Waals surface area contributed by atoms with Gasteiger partial charge < -0.3 is 4.74 Å². The molecule has 4 nitrogen and oxygen atoms in total. The largest absolute Gasteiger partial charge is 0.488 e. The van der Waals surface area contributed by atoms with E-state index in [9.17, 15) is 14.0 Å². The van der Waals surface area contributed by atoms with Crippen molar-refractivity contribution in [1.82, 2.24) is 5.32 Å². The van der Waals surface area contributed by atoms with Gasteiger partial charge >= 0.3 is 0 Å². The lowest BCUT2D eigenvalue weighted by Crippen LogP contribution is -2.24. The molecular formula is C19H20FNO3S2. The van der Waals surface area contributed by atoms with Crippen molar-refractivity contribution in [3.05, 3.63) is 52.0 Å². The summed E-state index contributed by atoms with van der Waals surface area (Å²) in [5.41, 5.74) is 0.677. The molecule has 1 aliphatic rings. The average molecular weight is 394 g/mol. The zero-order valence-electron chi connectivity index (χ0n) is 14.2. The third-order valence-corrected chi connectivity index (χ3v) is 6.07. The molecule has 1 aromatic carbocycles. The lowest BCUT2D eigenvalue weighted by atomic mass is 10.0. The van der Waals surface area contributed by atoms with Crippen LogP contribution in [0.15, 0.2) is 35.7 Å². The maximum atomic E-state index is 14.2. The van der Waals surface area contributed by atoms with E-state index in [0.29, 0.717) is 30.8 Å². The quantitative estimate of drug-likeness (QED) is 0.615. The lowest BCUT2D eigenvalue weighted by molar-refractivity contribution is -0.119. The van der Waals surface area contributed by atoms with Crippen LogP contribution in [0.25, 0.3) is 0 Å². The average Bonchev–Trinajstić information content (AvgIpc) is 3.24. The SMILES string of the molecule is O=C1NC(=O)C(CCCCCc2ccc(OCc3cccs3)cc2F)S1. The van der Waals surface area contributed by atoms with Crippen LogP contribution >= 0.6 is 23.1 Å². The molecule has 1 N–H and O–H groups in total. The number of imide groups is 1.